The minimum absolute atomic E-state index is 0.297. The lowest BCUT2D eigenvalue weighted by Gasteiger charge is -2.14. The fraction of sp³-hybridized carbons (Fsp3) is 0.118. The van der Waals surface area contributed by atoms with Gasteiger partial charge in [-0.1, -0.05) is 30.3 Å². The van der Waals surface area contributed by atoms with Gasteiger partial charge in [0.15, 0.2) is 0 Å². The zero-order chi connectivity index (χ0) is 14.8. The number of hydrogen-bond acceptors (Lipinski definition) is 2. The van der Waals surface area contributed by atoms with Gasteiger partial charge in [0.25, 0.3) is 0 Å². The standard InChI is InChI=1S/C17H13BrFNO/c18-14-6-3-5-13(17(14)19)16(21)10-11-8-9-20-15-7-2-1-4-12(11)15/h1-9,16,21H,10H2. The molecule has 0 bridgehead atoms. The summed E-state index contributed by atoms with van der Waals surface area (Å²) < 4.78 is 14.4. The molecular weight excluding hydrogens is 333 g/mol. The van der Waals surface area contributed by atoms with Gasteiger partial charge in [-0.25, -0.2) is 4.39 Å². The van der Waals surface area contributed by atoms with Crippen molar-refractivity contribution in [3.8, 4) is 0 Å². The van der Waals surface area contributed by atoms with E-state index >= 15 is 0 Å². The van der Waals surface area contributed by atoms with Crippen molar-refractivity contribution < 1.29 is 9.50 Å². The van der Waals surface area contributed by atoms with Gasteiger partial charge in [0, 0.05) is 23.6 Å². The molecule has 0 aliphatic heterocycles. The van der Waals surface area contributed by atoms with Gasteiger partial charge in [0.1, 0.15) is 5.82 Å². The van der Waals surface area contributed by atoms with Crippen LogP contribution in [0.1, 0.15) is 17.2 Å². The fourth-order valence-corrected chi connectivity index (χ4v) is 2.81. The second-order valence-electron chi connectivity index (χ2n) is 4.85. The minimum atomic E-state index is -0.895. The van der Waals surface area contributed by atoms with Crippen molar-refractivity contribution in [1.29, 1.82) is 0 Å². The maximum Gasteiger partial charge on any atom is 0.143 e. The largest absolute Gasteiger partial charge is 0.388 e. The lowest BCUT2D eigenvalue weighted by Crippen LogP contribution is -2.05. The van der Waals surface area contributed by atoms with E-state index in [1.165, 1.54) is 0 Å². The second kappa shape index (κ2) is 5.92. The summed E-state index contributed by atoms with van der Waals surface area (Å²) in [6, 6.07) is 14.5. The summed E-state index contributed by atoms with van der Waals surface area (Å²) in [7, 11) is 0. The fourth-order valence-electron chi connectivity index (χ4n) is 2.43. The number of pyridine rings is 1. The molecule has 0 aliphatic carbocycles. The predicted octanol–water partition coefficient (Wildman–Crippen LogP) is 4.41. The van der Waals surface area contributed by atoms with Gasteiger partial charge in [0.05, 0.1) is 16.1 Å². The second-order valence-corrected chi connectivity index (χ2v) is 5.70. The van der Waals surface area contributed by atoms with E-state index in [0.717, 1.165) is 16.5 Å². The van der Waals surface area contributed by atoms with E-state index in [1.54, 1.807) is 24.4 Å². The first kappa shape index (κ1) is 14.2. The first-order valence-corrected chi connectivity index (χ1v) is 7.40. The van der Waals surface area contributed by atoms with Gasteiger partial charge < -0.3 is 5.11 Å². The molecular formula is C17H13BrFNO. The zero-order valence-electron chi connectivity index (χ0n) is 11.1. The maximum atomic E-state index is 14.0. The van der Waals surface area contributed by atoms with Crippen LogP contribution in [0.4, 0.5) is 4.39 Å². The summed E-state index contributed by atoms with van der Waals surface area (Å²) in [5, 5.41) is 11.3. The number of nitrogens with zero attached hydrogens (tertiary/aromatic N) is 1. The first-order valence-electron chi connectivity index (χ1n) is 6.61. The Labute approximate surface area is 130 Å². The van der Waals surface area contributed by atoms with Crippen molar-refractivity contribution in [2.75, 3.05) is 0 Å². The van der Waals surface area contributed by atoms with Crippen LogP contribution < -0.4 is 0 Å². The lowest BCUT2D eigenvalue weighted by molar-refractivity contribution is 0.174. The average molecular weight is 346 g/mol. The Morgan fingerprint density at radius 2 is 1.90 bits per heavy atom. The van der Waals surface area contributed by atoms with E-state index in [1.807, 2.05) is 30.3 Å². The number of aliphatic hydroxyl groups is 1. The van der Waals surface area contributed by atoms with Crippen LogP contribution in [-0.2, 0) is 6.42 Å². The maximum absolute atomic E-state index is 14.0. The molecule has 1 atom stereocenters. The molecule has 21 heavy (non-hydrogen) atoms. The highest BCUT2D eigenvalue weighted by Crippen LogP contribution is 2.28. The number of rotatable bonds is 3. The summed E-state index contributed by atoms with van der Waals surface area (Å²) in [5.41, 5.74) is 2.12. The summed E-state index contributed by atoms with van der Waals surface area (Å²) in [6.07, 6.45) is 1.16. The van der Waals surface area contributed by atoms with Gasteiger partial charge in [-0.3, -0.25) is 4.98 Å². The molecule has 3 aromatic rings. The van der Waals surface area contributed by atoms with Crippen LogP contribution in [0.3, 0.4) is 0 Å². The SMILES string of the molecule is OC(Cc1ccnc2ccccc12)c1cccc(Br)c1F. The first-order chi connectivity index (χ1) is 10.2. The van der Waals surface area contributed by atoms with E-state index < -0.39 is 11.9 Å². The zero-order valence-corrected chi connectivity index (χ0v) is 12.7. The Kier molecular flexibility index (Phi) is 3.99. The summed E-state index contributed by atoms with van der Waals surface area (Å²) in [5.74, 6) is -0.414. The van der Waals surface area contributed by atoms with Crippen molar-refractivity contribution in [2.45, 2.75) is 12.5 Å². The number of halogens is 2. The topological polar surface area (TPSA) is 33.1 Å². The number of fused-ring (bicyclic) bond motifs is 1. The number of hydrogen-bond donors (Lipinski definition) is 1. The summed E-state index contributed by atoms with van der Waals surface area (Å²) in [4.78, 5) is 4.29. The van der Waals surface area contributed by atoms with Crippen LogP contribution in [-0.4, -0.2) is 10.1 Å². The van der Waals surface area contributed by atoms with Crippen LogP contribution in [0.2, 0.25) is 0 Å². The Balaban J connectivity index is 1.97. The van der Waals surface area contributed by atoms with E-state index in [4.69, 9.17) is 0 Å². The Hall–Kier alpha value is -1.78. The molecule has 1 heterocycles. The van der Waals surface area contributed by atoms with Crippen molar-refractivity contribution in [3.05, 3.63) is 76.1 Å². The molecule has 0 saturated heterocycles. The molecule has 0 amide bonds. The van der Waals surface area contributed by atoms with Crippen molar-refractivity contribution in [3.63, 3.8) is 0 Å². The molecule has 3 rings (SSSR count). The molecule has 1 unspecified atom stereocenters. The van der Waals surface area contributed by atoms with Gasteiger partial charge >= 0.3 is 0 Å². The number of benzene rings is 2. The summed E-state index contributed by atoms with van der Waals surface area (Å²) >= 11 is 3.14. The normalized spacial score (nSPS) is 12.5. The average Bonchev–Trinajstić information content (AvgIpc) is 2.50. The van der Waals surface area contributed by atoms with E-state index in [2.05, 4.69) is 20.9 Å². The molecule has 0 spiro atoms. The molecule has 1 aromatic heterocycles. The molecule has 106 valence electrons. The van der Waals surface area contributed by atoms with Crippen LogP contribution in [0.5, 0.6) is 0 Å². The highest BCUT2D eigenvalue weighted by atomic mass is 79.9. The number of aromatic nitrogens is 1. The van der Waals surface area contributed by atoms with Crippen molar-refractivity contribution in [1.82, 2.24) is 4.98 Å². The molecule has 0 radical (unpaired) electrons. The minimum Gasteiger partial charge on any atom is -0.388 e. The number of para-hydroxylation sites is 1. The highest BCUT2D eigenvalue weighted by molar-refractivity contribution is 9.10. The smallest absolute Gasteiger partial charge is 0.143 e. The Morgan fingerprint density at radius 1 is 1.10 bits per heavy atom. The third kappa shape index (κ3) is 2.82. The van der Waals surface area contributed by atoms with Crippen LogP contribution in [0.25, 0.3) is 10.9 Å². The predicted molar refractivity (Wildman–Crippen MR) is 84.5 cm³/mol. The molecule has 1 N–H and O–H groups in total. The van der Waals surface area contributed by atoms with E-state index in [9.17, 15) is 9.50 Å². The molecule has 0 aliphatic rings. The quantitative estimate of drug-likeness (QED) is 0.762. The number of aliphatic hydroxyl groups excluding tert-OH is 1. The lowest BCUT2D eigenvalue weighted by atomic mass is 9.98. The molecule has 2 nitrogen and oxygen atoms in total. The van der Waals surface area contributed by atoms with Crippen LogP contribution in [0.15, 0.2) is 59.2 Å². The Bertz CT molecular complexity index is 785. The third-order valence-electron chi connectivity index (χ3n) is 3.49. The van der Waals surface area contributed by atoms with E-state index in [0.29, 0.717) is 16.5 Å². The third-order valence-corrected chi connectivity index (χ3v) is 4.11. The van der Waals surface area contributed by atoms with Gasteiger partial charge in [-0.2, -0.15) is 0 Å². The summed E-state index contributed by atoms with van der Waals surface area (Å²) in [6.45, 7) is 0. The van der Waals surface area contributed by atoms with Crippen molar-refractivity contribution >= 4 is 26.8 Å². The molecule has 4 heteroatoms. The molecule has 0 fully saturated rings. The van der Waals surface area contributed by atoms with Gasteiger partial charge in [-0.15, -0.1) is 0 Å². The Morgan fingerprint density at radius 3 is 2.76 bits per heavy atom. The van der Waals surface area contributed by atoms with Gasteiger partial charge in [0.2, 0.25) is 0 Å². The monoisotopic (exact) mass is 345 g/mol. The highest BCUT2D eigenvalue weighted by Gasteiger charge is 2.16. The van der Waals surface area contributed by atoms with Gasteiger partial charge in [-0.05, 0) is 39.7 Å². The molecule has 2 aromatic carbocycles. The van der Waals surface area contributed by atoms with Crippen LogP contribution in [0, 0.1) is 5.82 Å². The van der Waals surface area contributed by atoms with Crippen molar-refractivity contribution in [2.24, 2.45) is 0 Å². The van der Waals surface area contributed by atoms with E-state index in [-0.39, 0.29) is 0 Å². The van der Waals surface area contributed by atoms with Crippen LogP contribution >= 0.6 is 15.9 Å². The molecule has 0 saturated carbocycles.